The second-order valence-corrected chi connectivity index (χ2v) is 13.8. The van der Waals surface area contributed by atoms with Crippen LogP contribution in [0.5, 0.6) is 0 Å². The van der Waals surface area contributed by atoms with Crippen LogP contribution in [0.1, 0.15) is 81.6 Å². The number of amides is 3. The van der Waals surface area contributed by atoms with Gasteiger partial charge in [0.15, 0.2) is 0 Å². The summed E-state index contributed by atoms with van der Waals surface area (Å²) in [6, 6.07) is 0. The summed E-state index contributed by atoms with van der Waals surface area (Å²) in [5.74, 6) is 0. The summed E-state index contributed by atoms with van der Waals surface area (Å²) < 4.78 is 17.0. The first-order chi connectivity index (χ1) is 17.9. The van der Waals surface area contributed by atoms with E-state index in [1.54, 1.807) is 14.7 Å². The molecule has 1 heterocycles. The Morgan fingerprint density at radius 1 is 0.564 bits per heavy atom. The van der Waals surface area contributed by atoms with Gasteiger partial charge in [0.05, 0.1) is 0 Å². The molecule has 1 rings (SSSR count). The van der Waals surface area contributed by atoms with Crippen LogP contribution < -0.4 is 0 Å². The lowest BCUT2D eigenvalue weighted by atomic mass is 10.2. The van der Waals surface area contributed by atoms with Gasteiger partial charge in [0.2, 0.25) is 0 Å². The van der Waals surface area contributed by atoms with Gasteiger partial charge in [0, 0.05) is 51.1 Å². The van der Waals surface area contributed by atoms with E-state index in [0.29, 0.717) is 52.2 Å². The van der Waals surface area contributed by atoms with Gasteiger partial charge in [-0.15, -0.1) is 0 Å². The molecule has 0 bridgehead atoms. The smallest absolute Gasteiger partial charge is 0.410 e. The van der Waals surface area contributed by atoms with Gasteiger partial charge in [0.1, 0.15) is 16.8 Å². The molecule has 0 spiro atoms. The minimum atomic E-state index is -0.651. The van der Waals surface area contributed by atoms with Crippen LogP contribution in [0.25, 0.3) is 0 Å². The Bertz CT molecular complexity index is 775. The molecule has 0 aliphatic carbocycles. The fourth-order valence-corrected chi connectivity index (χ4v) is 4.17. The zero-order valence-electron chi connectivity index (χ0n) is 25.8. The van der Waals surface area contributed by atoms with Gasteiger partial charge in [-0.1, -0.05) is 15.9 Å². The zero-order chi connectivity index (χ0) is 29.9. The molecule has 39 heavy (non-hydrogen) atoms. The molecule has 0 unspecified atom stereocenters. The molecule has 3 amide bonds. The fourth-order valence-electron chi connectivity index (χ4n) is 3.92. The van der Waals surface area contributed by atoms with Crippen molar-refractivity contribution in [3.63, 3.8) is 0 Å². The molecule has 0 aromatic heterocycles. The number of carbonyl (C=O) groups is 3. The minimum absolute atomic E-state index is 0.299. The Balaban J connectivity index is 3.17. The Hall–Kier alpha value is -1.75. The predicted octanol–water partition coefficient (Wildman–Crippen LogP) is 5.58. The number of alkyl halides is 1. The van der Waals surface area contributed by atoms with E-state index >= 15 is 0 Å². The molecule has 1 aliphatic rings. The van der Waals surface area contributed by atoms with Crippen LogP contribution in [0.15, 0.2) is 0 Å². The molecule has 0 N–H and O–H groups in total. The van der Waals surface area contributed by atoms with Gasteiger partial charge in [-0.05, 0) is 94.7 Å². The van der Waals surface area contributed by atoms with Gasteiger partial charge in [-0.2, -0.15) is 0 Å². The molecule has 1 fully saturated rings. The van der Waals surface area contributed by atoms with Crippen molar-refractivity contribution in [3.8, 4) is 0 Å². The molecule has 10 nitrogen and oxygen atoms in total. The average Bonchev–Trinajstić information content (AvgIpc) is 2.75. The van der Waals surface area contributed by atoms with Crippen molar-refractivity contribution in [2.45, 2.75) is 98.4 Å². The van der Waals surface area contributed by atoms with Crippen LogP contribution in [0.4, 0.5) is 14.4 Å². The number of ether oxygens (including phenoxy) is 3. The molecule has 0 atom stereocenters. The summed E-state index contributed by atoms with van der Waals surface area (Å²) in [4.78, 5) is 46.5. The molecular weight excluding hydrogens is 568 g/mol. The number of hydrogen-bond donors (Lipinski definition) is 0. The van der Waals surface area contributed by atoms with Crippen molar-refractivity contribution >= 4 is 34.2 Å². The van der Waals surface area contributed by atoms with Crippen LogP contribution in [-0.2, 0) is 14.2 Å². The number of nitrogens with zero attached hydrogens (tertiary/aromatic N) is 4. The van der Waals surface area contributed by atoms with Crippen LogP contribution in [0, 0.1) is 0 Å². The Morgan fingerprint density at radius 2 is 0.897 bits per heavy atom. The average molecular weight is 622 g/mol. The van der Waals surface area contributed by atoms with Gasteiger partial charge in [-0.25, -0.2) is 14.4 Å². The number of rotatable bonds is 3. The van der Waals surface area contributed by atoms with E-state index < -0.39 is 22.9 Å². The van der Waals surface area contributed by atoms with E-state index in [-0.39, 0.29) is 12.2 Å². The molecule has 11 heteroatoms. The van der Waals surface area contributed by atoms with Crippen LogP contribution in [0.3, 0.4) is 0 Å². The first-order valence-corrected chi connectivity index (χ1v) is 15.2. The maximum Gasteiger partial charge on any atom is 0.410 e. The SMILES string of the molecule is CC(C)(C)OC(=O)N1CCCN(C(=O)OC(C)(C)C)CCN(C(=O)OC(C)(C)C)CCCN(CCCBr)CC1. The maximum atomic E-state index is 13.1. The standard InChI is InChI=1S/C28H53BrN4O6/c1-26(2,3)37-23(34)31-17-12-18-33(25(36)39-28(7,8)9)22-21-32(24(35)38-27(4,5)6)16-11-15-30(19-20-31)14-10-13-29/h10-22H2,1-9H3. The number of carbonyl (C=O) groups excluding carboxylic acids is 3. The van der Waals surface area contributed by atoms with Gasteiger partial charge < -0.3 is 33.8 Å². The summed E-state index contributed by atoms with van der Waals surface area (Å²) in [5, 5.41) is 0.893. The summed E-state index contributed by atoms with van der Waals surface area (Å²) in [6.45, 7) is 21.4. The van der Waals surface area contributed by atoms with Crippen molar-refractivity contribution in [1.29, 1.82) is 0 Å². The van der Waals surface area contributed by atoms with E-state index in [2.05, 4.69) is 20.8 Å². The first-order valence-electron chi connectivity index (χ1n) is 14.1. The van der Waals surface area contributed by atoms with Crippen molar-refractivity contribution in [3.05, 3.63) is 0 Å². The van der Waals surface area contributed by atoms with Crippen LogP contribution in [0.2, 0.25) is 0 Å². The second-order valence-electron chi connectivity index (χ2n) is 13.0. The predicted molar refractivity (Wildman–Crippen MR) is 158 cm³/mol. The van der Waals surface area contributed by atoms with Crippen LogP contribution in [-0.4, -0.2) is 119 Å². The Labute approximate surface area is 244 Å². The molecule has 228 valence electrons. The molecule has 1 aliphatic heterocycles. The van der Waals surface area contributed by atoms with Crippen molar-refractivity contribution < 1.29 is 28.6 Å². The highest BCUT2D eigenvalue weighted by Crippen LogP contribution is 2.15. The van der Waals surface area contributed by atoms with E-state index in [0.717, 1.165) is 31.3 Å². The summed E-state index contributed by atoms with van der Waals surface area (Å²) in [6.07, 6.45) is 1.08. The highest BCUT2D eigenvalue weighted by Gasteiger charge is 2.28. The van der Waals surface area contributed by atoms with Crippen molar-refractivity contribution in [1.82, 2.24) is 19.6 Å². The zero-order valence-corrected chi connectivity index (χ0v) is 27.4. The number of halogens is 1. The highest BCUT2D eigenvalue weighted by molar-refractivity contribution is 9.09. The monoisotopic (exact) mass is 620 g/mol. The quantitative estimate of drug-likeness (QED) is 0.300. The Kier molecular flexibility index (Phi) is 14.4. The van der Waals surface area contributed by atoms with Crippen molar-refractivity contribution in [2.24, 2.45) is 0 Å². The molecule has 0 saturated carbocycles. The number of hydrogen-bond acceptors (Lipinski definition) is 7. The molecule has 0 aromatic carbocycles. The molecule has 0 radical (unpaired) electrons. The van der Waals surface area contributed by atoms with E-state index in [9.17, 15) is 14.4 Å². The van der Waals surface area contributed by atoms with Crippen molar-refractivity contribution in [2.75, 3.05) is 64.2 Å². The van der Waals surface area contributed by atoms with Crippen LogP contribution >= 0.6 is 15.9 Å². The topological polar surface area (TPSA) is 91.9 Å². The molecular formula is C28H53BrN4O6. The molecule has 0 aromatic rings. The largest absolute Gasteiger partial charge is 0.444 e. The third-order valence-electron chi connectivity index (χ3n) is 5.65. The normalized spacial score (nSPS) is 17.8. The van der Waals surface area contributed by atoms with E-state index in [1.165, 1.54) is 0 Å². The first kappa shape index (κ1) is 35.3. The fraction of sp³-hybridized carbons (Fsp3) is 0.893. The lowest BCUT2D eigenvalue weighted by Crippen LogP contribution is -2.47. The minimum Gasteiger partial charge on any atom is -0.444 e. The van der Waals surface area contributed by atoms with Gasteiger partial charge >= 0.3 is 18.3 Å². The summed E-state index contributed by atoms with van der Waals surface area (Å²) >= 11 is 3.52. The lowest BCUT2D eigenvalue weighted by molar-refractivity contribution is 0.0102. The molecule has 1 saturated heterocycles. The third-order valence-corrected chi connectivity index (χ3v) is 6.21. The van der Waals surface area contributed by atoms with E-state index in [4.69, 9.17) is 14.2 Å². The maximum absolute atomic E-state index is 13.1. The van der Waals surface area contributed by atoms with Gasteiger partial charge in [0.25, 0.3) is 0 Å². The summed E-state index contributed by atoms with van der Waals surface area (Å²) in [5.41, 5.74) is -1.87. The third kappa shape index (κ3) is 16.2. The Morgan fingerprint density at radius 3 is 1.23 bits per heavy atom. The lowest BCUT2D eigenvalue weighted by Gasteiger charge is -2.34. The second kappa shape index (κ2) is 15.9. The van der Waals surface area contributed by atoms with Gasteiger partial charge in [-0.3, -0.25) is 0 Å². The highest BCUT2D eigenvalue weighted by atomic mass is 79.9. The summed E-state index contributed by atoms with van der Waals surface area (Å²) in [7, 11) is 0. The van der Waals surface area contributed by atoms with E-state index in [1.807, 2.05) is 62.3 Å².